The number of nitrogens with one attached hydrogen (secondary N) is 1. The minimum absolute atomic E-state index is 0.275. The van der Waals surface area contributed by atoms with Crippen molar-refractivity contribution < 1.29 is 4.42 Å². The number of hydrogen-bond acceptors (Lipinski definition) is 4. The molecule has 1 N–H and O–H groups in total. The van der Waals surface area contributed by atoms with E-state index < -0.39 is 0 Å². The van der Waals surface area contributed by atoms with Gasteiger partial charge >= 0.3 is 5.63 Å². The highest BCUT2D eigenvalue weighted by molar-refractivity contribution is 5.90. The smallest absolute Gasteiger partial charge is 0.338 e. The van der Waals surface area contributed by atoms with E-state index in [2.05, 4.69) is 45.2 Å². The fraction of sp³-hybridized carbons (Fsp3) is 0.320. The van der Waals surface area contributed by atoms with Crippen molar-refractivity contribution in [2.24, 2.45) is 0 Å². The molecule has 0 bridgehead atoms. The number of benzene rings is 2. The maximum absolute atomic E-state index is 12.0. The molecule has 0 saturated carbocycles. The Labute approximate surface area is 175 Å². The van der Waals surface area contributed by atoms with Gasteiger partial charge in [-0.2, -0.15) is 0 Å². The molecule has 154 valence electrons. The van der Waals surface area contributed by atoms with E-state index in [4.69, 9.17) is 4.42 Å². The molecule has 0 unspecified atom stereocenters. The van der Waals surface area contributed by atoms with Crippen molar-refractivity contribution in [3.05, 3.63) is 76.8 Å². The number of piperazine rings is 1. The second-order valence-electron chi connectivity index (χ2n) is 8.09. The lowest BCUT2D eigenvalue weighted by atomic mass is 10.1. The summed E-state index contributed by atoms with van der Waals surface area (Å²) in [6, 6.07) is 18.0. The van der Waals surface area contributed by atoms with Gasteiger partial charge in [-0.1, -0.05) is 30.3 Å². The van der Waals surface area contributed by atoms with Gasteiger partial charge in [0.2, 0.25) is 0 Å². The van der Waals surface area contributed by atoms with Crippen LogP contribution < -0.4 is 10.5 Å². The first-order valence-corrected chi connectivity index (χ1v) is 10.8. The van der Waals surface area contributed by atoms with Crippen molar-refractivity contribution in [2.75, 3.05) is 37.6 Å². The molecule has 5 rings (SSSR count). The van der Waals surface area contributed by atoms with Gasteiger partial charge in [0.15, 0.2) is 0 Å². The molecule has 3 heterocycles. The Morgan fingerprint density at radius 2 is 1.67 bits per heavy atom. The fourth-order valence-corrected chi connectivity index (χ4v) is 4.56. The number of para-hydroxylation sites is 2. The van der Waals surface area contributed by atoms with E-state index in [0.717, 1.165) is 50.2 Å². The average molecular weight is 402 g/mol. The number of aromatic amines is 1. The molecule has 1 aliphatic rings. The maximum atomic E-state index is 12.0. The van der Waals surface area contributed by atoms with Crippen molar-refractivity contribution in [1.29, 1.82) is 0 Å². The van der Waals surface area contributed by atoms with Gasteiger partial charge in [-0.25, -0.2) is 4.79 Å². The number of rotatable bonds is 6. The van der Waals surface area contributed by atoms with Gasteiger partial charge in [0, 0.05) is 54.7 Å². The van der Waals surface area contributed by atoms with Gasteiger partial charge in [0.1, 0.15) is 5.58 Å². The first-order valence-electron chi connectivity index (χ1n) is 10.8. The summed E-state index contributed by atoms with van der Waals surface area (Å²) in [6.07, 6.45) is 5.68. The summed E-state index contributed by atoms with van der Waals surface area (Å²) in [5.41, 5.74) is 4.04. The predicted octanol–water partition coefficient (Wildman–Crippen LogP) is 4.42. The zero-order chi connectivity index (χ0) is 20.3. The molecule has 0 aliphatic carbocycles. The van der Waals surface area contributed by atoms with Crippen LogP contribution in [0.2, 0.25) is 0 Å². The lowest BCUT2D eigenvalue weighted by molar-refractivity contribution is 0.253. The van der Waals surface area contributed by atoms with Gasteiger partial charge in [0.25, 0.3) is 0 Å². The minimum atomic E-state index is -0.275. The third-order valence-electron chi connectivity index (χ3n) is 6.19. The molecule has 2 aromatic heterocycles. The molecule has 0 spiro atoms. The summed E-state index contributed by atoms with van der Waals surface area (Å²) >= 11 is 0. The Morgan fingerprint density at radius 3 is 2.53 bits per heavy atom. The molecule has 0 radical (unpaired) electrons. The molecule has 1 saturated heterocycles. The van der Waals surface area contributed by atoms with E-state index >= 15 is 0 Å². The highest BCUT2D eigenvalue weighted by atomic mass is 16.4. The minimum Gasteiger partial charge on any atom is -0.423 e. The Morgan fingerprint density at radius 1 is 0.900 bits per heavy atom. The highest BCUT2D eigenvalue weighted by Gasteiger charge is 2.19. The van der Waals surface area contributed by atoms with Gasteiger partial charge in [0.05, 0.1) is 5.69 Å². The van der Waals surface area contributed by atoms with Gasteiger partial charge < -0.3 is 14.3 Å². The second kappa shape index (κ2) is 8.36. The number of hydrogen-bond donors (Lipinski definition) is 1. The number of H-pyrrole nitrogens is 1. The number of aromatic nitrogens is 1. The van der Waals surface area contributed by atoms with Gasteiger partial charge in [-0.15, -0.1) is 0 Å². The van der Waals surface area contributed by atoms with E-state index in [1.54, 1.807) is 6.07 Å². The lowest BCUT2D eigenvalue weighted by Crippen LogP contribution is -2.46. The van der Waals surface area contributed by atoms with Crippen molar-refractivity contribution in [3.63, 3.8) is 0 Å². The first kappa shape index (κ1) is 18.9. The fourth-order valence-electron chi connectivity index (χ4n) is 4.56. The van der Waals surface area contributed by atoms with Crippen molar-refractivity contribution >= 4 is 27.6 Å². The third-order valence-corrected chi connectivity index (χ3v) is 6.19. The molecule has 1 aliphatic heterocycles. The zero-order valence-electron chi connectivity index (χ0n) is 17.1. The maximum Gasteiger partial charge on any atom is 0.338 e. The normalized spacial score (nSPS) is 15.3. The zero-order valence-corrected chi connectivity index (χ0v) is 17.1. The van der Waals surface area contributed by atoms with Crippen LogP contribution >= 0.6 is 0 Å². The Hall–Kier alpha value is -3.05. The Balaban J connectivity index is 1.14. The molecule has 1 fully saturated rings. The largest absolute Gasteiger partial charge is 0.423 e. The summed E-state index contributed by atoms with van der Waals surface area (Å²) in [6.45, 7) is 5.07. The monoisotopic (exact) mass is 401 g/mol. The second-order valence-corrected chi connectivity index (χ2v) is 8.09. The topological polar surface area (TPSA) is 52.5 Å². The van der Waals surface area contributed by atoms with E-state index in [-0.39, 0.29) is 5.63 Å². The van der Waals surface area contributed by atoms with Crippen LogP contribution in [0.5, 0.6) is 0 Å². The van der Waals surface area contributed by atoms with Crippen molar-refractivity contribution in [3.8, 4) is 0 Å². The first-order chi connectivity index (χ1) is 14.8. The van der Waals surface area contributed by atoms with E-state index in [0.29, 0.717) is 5.58 Å². The number of anilines is 1. The molecule has 0 atom stereocenters. The van der Waals surface area contributed by atoms with Crippen LogP contribution in [0.25, 0.3) is 21.9 Å². The molecule has 0 amide bonds. The third kappa shape index (κ3) is 3.85. The molecule has 2 aromatic carbocycles. The summed E-state index contributed by atoms with van der Waals surface area (Å²) in [7, 11) is 0. The summed E-state index contributed by atoms with van der Waals surface area (Å²) in [5.74, 6) is 0. The van der Waals surface area contributed by atoms with Crippen molar-refractivity contribution in [1.82, 2.24) is 9.88 Å². The molecule has 30 heavy (non-hydrogen) atoms. The lowest BCUT2D eigenvalue weighted by Gasteiger charge is -2.36. The Bertz CT molecular complexity index is 1200. The number of nitrogens with zero attached hydrogens (tertiary/aromatic N) is 2. The predicted molar refractivity (Wildman–Crippen MR) is 122 cm³/mol. The number of unbranched alkanes of at least 4 members (excludes halogenated alkanes) is 1. The van der Waals surface area contributed by atoms with Gasteiger partial charge in [-0.3, -0.25) is 4.90 Å². The highest BCUT2D eigenvalue weighted by Crippen LogP contribution is 2.26. The standard InChI is InChI=1S/C25H27N3O2/c29-25-17-23(21-9-2-4-11-24(21)30-25)28-15-13-27(14-16-28)12-6-5-7-19-18-26-22-10-3-1-8-20(19)22/h1-4,8-11,17-18,26H,5-7,12-16H2. The van der Waals surface area contributed by atoms with E-state index in [1.807, 2.05) is 24.3 Å². The average Bonchev–Trinajstić information content (AvgIpc) is 3.20. The van der Waals surface area contributed by atoms with Crippen molar-refractivity contribution in [2.45, 2.75) is 19.3 Å². The molecular formula is C25H27N3O2. The van der Waals surface area contributed by atoms with Crippen LogP contribution in [0.1, 0.15) is 18.4 Å². The quantitative estimate of drug-likeness (QED) is 0.384. The number of aryl methyl sites for hydroxylation is 1. The van der Waals surface area contributed by atoms with Crippen LogP contribution in [0.4, 0.5) is 5.69 Å². The SMILES string of the molecule is O=c1cc(N2CCN(CCCCc3c[nH]c4ccccc34)CC2)c2ccccc2o1. The summed E-state index contributed by atoms with van der Waals surface area (Å²) in [5, 5.41) is 2.37. The summed E-state index contributed by atoms with van der Waals surface area (Å²) in [4.78, 5) is 20.2. The van der Waals surface area contributed by atoms with Crippen LogP contribution in [0.3, 0.4) is 0 Å². The molecule has 4 aromatic rings. The summed E-state index contributed by atoms with van der Waals surface area (Å²) < 4.78 is 5.34. The van der Waals surface area contributed by atoms with Crippen LogP contribution in [-0.2, 0) is 6.42 Å². The van der Waals surface area contributed by atoms with Crippen LogP contribution in [0.15, 0.2) is 70.0 Å². The van der Waals surface area contributed by atoms with Gasteiger partial charge in [-0.05, 0) is 49.6 Å². The number of fused-ring (bicyclic) bond motifs is 2. The molecular weight excluding hydrogens is 374 g/mol. The van der Waals surface area contributed by atoms with E-state index in [9.17, 15) is 4.79 Å². The van der Waals surface area contributed by atoms with Crippen LogP contribution in [0, 0.1) is 0 Å². The molecule has 5 heteroatoms. The Kier molecular flexibility index (Phi) is 5.28. The van der Waals surface area contributed by atoms with Crippen LogP contribution in [-0.4, -0.2) is 42.6 Å². The van der Waals surface area contributed by atoms with E-state index in [1.165, 1.54) is 29.3 Å². The molecule has 5 nitrogen and oxygen atoms in total.